The average Bonchev–Trinajstić information content (AvgIpc) is 2.96. The number of imidazole rings is 1. The number of fused-ring (bicyclic) bond motifs is 1. The molecule has 0 saturated carbocycles. The van der Waals surface area contributed by atoms with Crippen molar-refractivity contribution in [2.24, 2.45) is 5.92 Å². The van der Waals surface area contributed by atoms with Crippen molar-refractivity contribution >= 4 is 17.2 Å². The number of rotatable bonds is 4. The van der Waals surface area contributed by atoms with E-state index < -0.39 is 0 Å². The summed E-state index contributed by atoms with van der Waals surface area (Å²) < 4.78 is 2.10. The highest BCUT2D eigenvalue weighted by Crippen LogP contribution is 2.20. The topological polar surface area (TPSA) is 63.1 Å². The molecule has 1 aliphatic rings. The molecule has 0 radical (unpaired) electrons. The highest BCUT2D eigenvalue weighted by atomic mass is 16.2. The largest absolute Gasteiger partial charge is 0.338 e. The fraction of sp³-hybridized carbons (Fsp3) is 0.562. The summed E-state index contributed by atoms with van der Waals surface area (Å²) in [4.78, 5) is 22.8. The second kappa shape index (κ2) is 6.77. The van der Waals surface area contributed by atoms with E-state index in [-0.39, 0.29) is 6.03 Å². The second-order valence-corrected chi connectivity index (χ2v) is 5.93. The predicted molar refractivity (Wildman–Crippen MR) is 85.5 cm³/mol. The number of hydrogen-bond acceptors (Lipinski definition) is 3. The summed E-state index contributed by atoms with van der Waals surface area (Å²) in [6, 6.07) is 3.95. The van der Waals surface area contributed by atoms with Crippen molar-refractivity contribution in [1.29, 1.82) is 0 Å². The molecular formula is C16H23N5O. The summed E-state index contributed by atoms with van der Waals surface area (Å²) in [6.45, 7) is 5.34. The molecule has 1 atom stereocenters. The van der Waals surface area contributed by atoms with Gasteiger partial charge in [0.25, 0.3) is 0 Å². The maximum Gasteiger partial charge on any atom is 0.317 e. The van der Waals surface area contributed by atoms with E-state index in [0.29, 0.717) is 5.92 Å². The summed E-state index contributed by atoms with van der Waals surface area (Å²) in [6.07, 6.45) is 6.82. The fourth-order valence-electron chi connectivity index (χ4n) is 3.05. The Morgan fingerprint density at radius 1 is 1.45 bits per heavy atom. The van der Waals surface area contributed by atoms with Crippen molar-refractivity contribution in [1.82, 2.24) is 24.8 Å². The summed E-state index contributed by atoms with van der Waals surface area (Å²) in [5, 5.41) is 2.97. The Kier molecular flexibility index (Phi) is 4.56. The maximum atomic E-state index is 12.1. The van der Waals surface area contributed by atoms with Gasteiger partial charge in [-0.2, -0.15) is 0 Å². The number of aromatic nitrogens is 3. The van der Waals surface area contributed by atoms with Crippen LogP contribution in [-0.4, -0.2) is 45.1 Å². The van der Waals surface area contributed by atoms with E-state index in [9.17, 15) is 4.79 Å². The van der Waals surface area contributed by atoms with Crippen LogP contribution in [0.25, 0.3) is 11.2 Å². The number of amides is 2. The summed E-state index contributed by atoms with van der Waals surface area (Å²) in [7, 11) is 0. The third-order valence-electron chi connectivity index (χ3n) is 4.16. The molecule has 0 aliphatic carbocycles. The highest BCUT2D eigenvalue weighted by molar-refractivity contribution is 5.74. The van der Waals surface area contributed by atoms with Crippen LogP contribution in [0.1, 0.15) is 26.2 Å². The SMILES string of the molecule is CCCNC(=O)N1CCCC(Cn2cnc3cccnc32)C1. The van der Waals surface area contributed by atoms with Crippen LogP contribution in [0.2, 0.25) is 0 Å². The van der Waals surface area contributed by atoms with Gasteiger partial charge in [0.15, 0.2) is 5.65 Å². The molecule has 1 saturated heterocycles. The quantitative estimate of drug-likeness (QED) is 0.942. The summed E-state index contributed by atoms with van der Waals surface area (Å²) in [5.41, 5.74) is 1.85. The summed E-state index contributed by atoms with van der Waals surface area (Å²) in [5.74, 6) is 0.459. The van der Waals surface area contributed by atoms with Gasteiger partial charge in [0.1, 0.15) is 5.52 Å². The Labute approximate surface area is 130 Å². The van der Waals surface area contributed by atoms with Crippen molar-refractivity contribution in [2.45, 2.75) is 32.7 Å². The van der Waals surface area contributed by atoms with Crippen LogP contribution in [0.5, 0.6) is 0 Å². The van der Waals surface area contributed by atoms with E-state index in [0.717, 1.165) is 56.6 Å². The molecule has 0 spiro atoms. The number of nitrogens with one attached hydrogen (secondary N) is 1. The first-order chi connectivity index (χ1) is 10.8. The predicted octanol–water partition coefficient (Wildman–Crippen LogP) is 2.26. The van der Waals surface area contributed by atoms with E-state index in [1.54, 1.807) is 6.20 Å². The summed E-state index contributed by atoms with van der Waals surface area (Å²) >= 11 is 0. The monoisotopic (exact) mass is 301 g/mol. The van der Waals surface area contributed by atoms with Crippen LogP contribution in [0.15, 0.2) is 24.7 Å². The molecule has 1 aliphatic heterocycles. The van der Waals surface area contributed by atoms with Gasteiger partial charge in [-0.1, -0.05) is 6.92 Å². The minimum atomic E-state index is 0.0696. The zero-order valence-corrected chi connectivity index (χ0v) is 13.0. The standard InChI is InChI=1S/C16H23N5O/c1-2-7-18-16(22)20-9-4-5-13(10-20)11-21-12-19-14-6-3-8-17-15(14)21/h3,6,8,12-13H,2,4-5,7,9-11H2,1H3,(H,18,22). The molecule has 0 aromatic carbocycles. The van der Waals surface area contributed by atoms with Crippen LogP contribution < -0.4 is 5.32 Å². The number of pyridine rings is 1. The lowest BCUT2D eigenvalue weighted by Gasteiger charge is -2.33. The molecule has 1 unspecified atom stereocenters. The van der Waals surface area contributed by atoms with E-state index in [1.165, 1.54) is 0 Å². The van der Waals surface area contributed by atoms with E-state index in [4.69, 9.17) is 0 Å². The lowest BCUT2D eigenvalue weighted by molar-refractivity contribution is 0.160. The van der Waals surface area contributed by atoms with Crippen LogP contribution in [-0.2, 0) is 6.54 Å². The molecule has 6 heteroatoms. The van der Waals surface area contributed by atoms with Gasteiger partial charge in [0.2, 0.25) is 0 Å². The number of piperidine rings is 1. The van der Waals surface area contributed by atoms with Crippen LogP contribution in [0, 0.1) is 5.92 Å². The third-order valence-corrected chi connectivity index (χ3v) is 4.16. The Hall–Kier alpha value is -2.11. The molecule has 0 bridgehead atoms. The zero-order chi connectivity index (χ0) is 15.4. The van der Waals surface area contributed by atoms with Crippen molar-refractivity contribution in [3.05, 3.63) is 24.7 Å². The Balaban J connectivity index is 1.64. The minimum Gasteiger partial charge on any atom is -0.338 e. The van der Waals surface area contributed by atoms with Crippen molar-refractivity contribution in [3.8, 4) is 0 Å². The lowest BCUT2D eigenvalue weighted by Crippen LogP contribution is -2.46. The third kappa shape index (κ3) is 3.21. The van der Waals surface area contributed by atoms with Gasteiger partial charge in [0, 0.05) is 32.4 Å². The van der Waals surface area contributed by atoms with Crippen LogP contribution in [0.3, 0.4) is 0 Å². The molecule has 22 heavy (non-hydrogen) atoms. The van der Waals surface area contributed by atoms with E-state index >= 15 is 0 Å². The molecule has 2 aromatic rings. The average molecular weight is 301 g/mol. The normalized spacial score (nSPS) is 18.6. The number of nitrogens with zero attached hydrogens (tertiary/aromatic N) is 4. The lowest BCUT2D eigenvalue weighted by atomic mass is 9.98. The number of carbonyl (C=O) groups excluding carboxylic acids is 1. The van der Waals surface area contributed by atoms with Gasteiger partial charge in [0.05, 0.1) is 6.33 Å². The minimum absolute atomic E-state index is 0.0696. The van der Waals surface area contributed by atoms with Crippen molar-refractivity contribution in [2.75, 3.05) is 19.6 Å². The highest BCUT2D eigenvalue weighted by Gasteiger charge is 2.24. The Morgan fingerprint density at radius 2 is 2.36 bits per heavy atom. The van der Waals surface area contributed by atoms with Gasteiger partial charge in [-0.05, 0) is 37.3 Å². The molecule has 6 nitrogen and oxygen atoms in total. The van der Waals surface area contributed by atoms with Gasteiger partial charge < -0.3 is 14.8 Å². The van der Waals surface area contributed by atoms with Crippen molar-refractivity contribution in [3.63, 3.8) is 0 Å². The van der Waals surface area contributed by atoms with Gasteiger partial charge in [-0.15, -0.1) is 0 Å². The number of hydrogen-bond donors (Lipinski definition) is 1. The smallest absolute Gasteiger partial charge is 0.317 e. The number of likely N-dealkylation sites (tertiary alicyclic amines) is 1. The van der Waals surface area contributed by atoms with Gasteiger partial charge in [-0.25, -0.2) is 14.8 Å². The molecule has 3 heterocycles. The molecule has 118 valence electrons. The van der Waals surface area contributed by atoms with Gasteiger partial charge in [-0.3, -0.25) is 0 Å². The number of carbonyl (C=O) groups is 1. The zero-order valence-electron chi connectivity index (χ0n) is 13.0. The Morgan fingerprint density at radius 3 is 3.23 bits per heavy atom. The first-order valence-corrected chi connectivity index (χ1v) is 8.06. The van der Waals surface area contributed by atoms with E-state index in [1.807, 2.05) is 23.4 Å². The maximum absolute atomic E-state index is 12.1. The molecule has 3 rings (SSSR count). The molecular weight excluding hydrogens is 278 g/mol. The molecule has 2 aromatic heterocycles. The van der Waals surface area contributed by atoms with E-state index in [2.05, 4.69) is 26.8 Å². The number of urea groups is 1. The molecule has 2 amide bonds. The fourth-order valence-corrected chi connectivity index (χ4v) is 3.05. The molecule has 1 fully saturated rings. The van der Waals surface area contributed by atoms with Crippen LogP contribution >= 0.6 is 0 Å². The van der Waals surface area contributed by atoms with Crippen LogP contribution in [0.4, 0.5) is 4.79 Å². The molecule has 1 N–H and O–H groups in total. The van der Waals surface area contributed by atoms with Crippen molar-refractivity contribution < 1.29 is 4.79 Å². The van der Waals surface area contributed by atoms with Gasteiger partial charge >= 0.3 is 6.03 Å². The second-order valence-electron chi connectivity index (χ2n) is 5.93. The Bertz CT molecular complexity index is 638. The first-order valence-electron chi connectivity index (χ1n) is 8.06. The first kappa shape index (κ1) is 14.8.